The molecule has 1 aliphatic rings. The van der Waals surface area contributed by atoms with Crippen LogP contribution in [0.4, 0.5) is 11.4 Å². The first kappa shape index (κ1) is 27.0. The molecule has 1 aliphatic heterocycles. The van der Waals surface area contributed by atoms with E-state index in [1.807, 2.05) is 42.7 Å². The molecule has 0 aliphatic carbocycles. The molecule has 37 heavy (non-hydrogen) atoms. The van der Waals surface area contributed by atoms with Crippen molar-refractivity contribution in [3.63, 3.8) is 0 Å². The van der Waals surface area contributed by atoms with Crippen molar-refractivity contribution >= 4 is 39.1 Å². The Morgan fingerprint density at radius 3 is 2.49 bits per heavy atom. The van der Waals surface area contributed by atoms with Gasteiger partial charge in [0.1, 0.15) is 10.6 Å². The van der Waals surface area contributed by atoms with Crippen molar-refractivity contribution < 1.29 is 23.1 Å². The van der Waals surface area contributed by atoms with Crippen LogP contribution < -0.4 is 9.64 Å². The Kier molecular flexibility index (Phi) is 8.16. The quantitative estimate of drug-likeness (QED) is 0.345. The van der Waals surface area contributed by atoms with Gasteiger partial charge in [0.05, 0.1) is 18.4 Å². The van der Waals surface area contributed by atoms with Gasteiger partial charge in [0, 0.05) is 30.2 Å². The van der Waals surface area contributed by atoms with Crippen molar-refractivity contribution in [3.8, 4) is 16.9 Å². The lowest BCUT2D eigenvalue weighted by molar-refractivity contribution is 0.0696. The average Bonchev–Trinajstić information content (AvgIpc) is 2.99. The summed E-state index contributed by atoms with van der Waals surface area (Å²) < 4.78 is 34.9. The molecule has 1 heterocycles. The third-order valence-electron chi connectivity index (χ3n) is 6.80. The maximum Gasteiger partial charge on any atom is 0.335 e. The van der Waals surface area contributed by atoms with Gasteiger partial charge in [-0.15, -0.1) is 11.8 Å². The molecule has 0 fully saturated rings. The molecule has 3 aromatic carbocycles. The van der Waals surface area contributed by atoms with E-state index in [-0.39, 0.29) is 16.5 Å². The Balaban J connectivity index is 1.99. The Bertz CT molecular complexity index is 1390. The number of para-hydroxylation sites is 1. The Morgan fingerprint density at radius 1 is 1.14 bits per heavy atom. The van der Waals surface area contributed by atoms with E-state index in [1.54, 1.807) is 25.2 Å². The highest BCUT2D eigenvalue weighted by atomic mass is 32.2. The fraction of sp³-hybridized carbons (Fsp3) is 0.321. The van der Waals surface area contributed by atoms with Crippen LogP contribution in [0, 0.1) is 0 Å². The molecule has 0 aromatic heterocycles. The van der Waals surface area contributed by atoms with Crippen molar-refractivity contribution in [3.05, 3.63) is 66.2 Å². The molecule has 0 spiro atoms. The molecule has 0 saturated heterocycles. The number of unbranched alkanes of at least 4 members (excludes halogenated alkanes) is 1. The Morgan fingerprint density at radius 2 is 1.86 bits per heavy atom. The maximum absolute atomic E-state index is 14.0. The van der Waals surface area contributed by atoms with Crippen molar-refractivity contribution in [2.75, 3.05) is 31.9 Å². The van der Waals surface area contributed by atoms with Gasteiger partial charge in [0.2, 0.25) is 10.0 Å². The number of likely N-dealkylation sites (N-methyl/N-ethyl adjacent to an activating group) is 1. The monoisotopic (exact) mass is 540 g/mol. The number of methoxy groups -OCH3 is 1. The molecule has 4 rings (SSSR count). The number of rotatable bonds is 8. The van der Waals surface area contributed by atoms with Crippen molar-refractivity contribution in [2.45, 2.75) is 42.0 Å². The van der Waals surface area contributed by atoms with Gasteiger partial charge < -0.3 is 14.7 Å². The van der Waals surface area contributed by atoms with Gasteiger partial charge >= 0.3 is 5.97 Å². The first-order valence-corrected chi connectivity index (χ1v) is 14.8. The number of hydrogen-bond acceptors (Lipinski definition) is 6. The zero-order valence-electron chi connectivity index (χ0n) is 21.5. The second-order valence-corrected chi connectivity index (χ2v) is 11.9. The average molecular weight is 541 g/mol. The molecular weight excluding hydrogens is 508 g/mol. The van der Waals surface area contributed by atoms with Crippen LogP contribution in [0.1, 0.15) is 36.5 Å². The van der Waals surface area contributed by atoms with Gasteiger partial charge in [0.25, 0.3) is 0 Å². The molecule has 7 nitrogen and oxygen atoms in total. The number of anilines is 2. The van der Waals surface area contributed by atoms with Crippen LogP contribution in [-0.2, 0) is 10.0 Å². The van der Waals surface area contributed by atoms with E-state index >= 15 is 0 Å². The summed E-state index contributed by atoms with van der Waals surface area (Å²) in [6, 6.07) is 18.0. The number of carboxylic acid groups (broad SMARTS) is 1. The van der Waals surface area contributed by atoms with Crippen LogP contribution in [0.2, 0.25) is 0 Å². The third-order valence-corrected chi connectivity index (χ3v) is 9.51. The first-order valence-electron chi connectivity index (χ1n) is 12.2. The summed E-state index contributed by atoms with van der Waals surface area (Å²) in [5, 5.41) is 9.64. The Labute approximate surface area is 223 Å². The van der Waals surface area contributed by atoms with E-state index in [4.69, 9.17) is 4.74 Å². The van der Waals surface area contributed by atoms with Gasteiger partial charge in [-0.1, -0.05) is 38.0 Å². The smallest absolute Gasteiger partial charge is 0.335 e. The summed E-state index contributed by atoms with van der Waals surface area (Å²) >= 11 is 1.49. The molecule has 3 aromatic rings. The number of thioether (sulfide) groups is 1. The second kappa shape index (κ2) is 11.2. The minimum atomic E-state index is -3.84. The lowest BCUT2D eigenvalue weighted by Crippen LogP contribution is -2.40. The molecule has 0 bridgehead atoms. The third kappa shape index (κ3) is 5.35. The fourth-order valence-corrected chi connectivity index (χ4v) is 6.90. The Hall–Kier alpha value is -3.01. The molecule has 196 valence electrons. The number of nitrogens with zero attached hydrogens (tertiary/aromatic N) is 2. The second-order valence-electron chi connectivity index (χ2n) is 9.04. The summed E-state index contributed by atoms with van der Waals surface area (Å²) in [6.07, 6.45) is 4.58. The summed E-state index contributed by atoms with van der Waals surface area (Å²) in [4.78, 5) is 14.9. The topological polar surface area (TPSA) is 87.1 Å². The largest absolute Gasteiger partial charge is 0.497 e. The SMILES string of the molecule is CCCCC1CN(c2ccccc2)c2cc(SC)c(-c3cc(OC)cc(C(=O)O)c3)cc2S(=O)(=O)N1C. The van der Waals surface area contributed by atoms with Gasteiger partial charge in [-0.25, -0.2) is 13.2 Å². The number of carboxylic acids is 1. The lowest BCUT2D eigenvalue weighted by atomic mass is 10.0. The number of hydrogen-bond donors (Lipinski definition) is 1. The highest BCUT2D eigenvalue weighted by Gasteiger charge is 2.37. The fourth-order valence-electron chi connectivity index (χ4n) is 4.70. The zero-order chi connectivity index (χ0) is 26.7. The lowest BCUT2D eigenvalue weighted by Gasteiger charge is -2.29. The molecular formula is C28H32N2O5S2. The minimum Gasteiger partial charge on any atom is -0.497 e. The summed E-state index contributed by atoms with van der Waals surface area (Å²) in [5.74, 6) is -0.690. The number of carbonyl (C=O) groups is 1. The number of aromatic carboxylic acids is 1. The normalized spacial score (nSPS) is 17.2. The highest BCUT2D eigenvalue weighted by Crippen LogP contribution is 2.44. The van der Waals surface area contributed by atoms with E-state index in [2.05, 4.69) is 11.8 Å². The van der Waals surface area contributed by atoms with Gasteiger partial charge in [-0.05, 0) is 66.3 Å². The van der Waals surface area contributed by atoms with Crippen LogP contribution in [0.15, 0.2) is 70.5 Å². The van der Waals surface area contributed by atoms with Gasteiger partial charge in [-0.3, -0.25) is 0 Å². The zero-order valence-corrected chi connectivity index (χ0v) is 23.1. The number of benzene rings is 3. The molecule has 0 radical (unpaired) electrons. The van der Waals surface area contributed by atoms with Crippen LogP contribution in [-0.4, -0.2) is 56.8 Å². The van der Waals surface area contributed by atoms with E-state index in [9.17, 15) is 18.3 Å². The van der Waals surface area contributed by atoms with E-state index in [0.29, 0.717) is 29.1 Å². The summed E-state index contributed by atoms with van der Waals surface area (Å²) in [6.45, 7) is 2.63. The highest BCUT2D eigenvalue weighted by molar-refractivity contribution is 7.98. The summed E-state index contributed by atoms with van der Waals surface area (Å²) in [5.41, 5.74) is 2.84. The van der Waals surface area contributed by atoms with Crippen LogP contribution in [0.5, 0.6) is 5.75 Å². The first-order chi connectivity index (χ1) is 17.7. The molecule has 1 N–H and O–H groups in total. The number of fused-ring (bicyclic) bond motifs is 1. The number of sulfonamides is 1. The standard InChI is InChI=1S/C28H32N2O5S2/c1-5-6-10-22-18-30(21-11-8-7-9-12-21)25-17-26(36-4)24(16-27(25)37(33,34)29(22)2)19-13-20(28(31)32)15-23(14-19)35-3/h7-9,11-17,22H,5-6,10,18H2,1-4H3,(H,31,32). The predicted octanol–water partition coefficient (Wildman–Crippen LogP) is 6.11. The van der Waals surface area contributed by atoms with Gasteiger partial charge in [0.15, 0.2) is 0 Å². The maximum atomic E-state index is 14.0. The predicted molar refractivity (Wildman–Crippen MR) is 149 cm³/mol. The number of ether oxygens (including phenoxy) is 1. The van der Waals surface area contributed by atoms with E-state index in [0.717, 1.165) is 29.8 Å². The van der Waals surface area contributed by atoms with E-state index < -0.39 is 16.0 Å². The van der Waals surface area contributed by atoms with E-state index in [1.165, 1.54) is 29.2 Å². The molecule has 9 heteroatoms. The van der Waals surface area contributed by atoms with Crippen LogP contribution in [0.25, 0.3) is 11.1 Å². The van der Waals surface area contributed by atoms with Gasteiger partial charge in [-0.2, -0.15) is 4.31 Å². The van der Waals surface area contributed by atoms with Crippen molar-refractivity contribution in [1.82, 2.24) is 4.31 Å². The van der Waals surface area contributed by atoms with Crippen molar-refractivity contribution in [1.29, 1.82) is 0 Å². The summed E-state index contributed by atoms with van der Waals surface area (Å²) in [7, 11) is -0.707. The minimum absolute atomic E-state index is 0.0712. The van der Waals surface area contributed by atoms with Crippen molar-refractivity contribution in [2.24, 2.45) is 0 Å². The molecule has 0 saturated carbocycles. The van der Waals surface area contributed by atoms with Crippen LogP contribution in [0.3, 0.4) is 0 Å². The molecule has 0 amide bonds. The van der Waals surface area contributed by atoms with Crippen LogP contribution >= 0.6 is 11.8 Å². The molecule has 1 unspecified atom stereocenters. The molecule has 1 atom stereocenters.